The number of carboxylic acids is 1. The number of esters is 1. The molecule has 8 heteroatoms. The normalized spacial score (nSPS) is 11.5. The number of methoxy groups -OCH3 is 2. The zero-order chi connectivity index (χ0) is 14.1. The summed E-state index contributed by atoms with van der Waals surface area (Å²) in [4.78, 5) is 34.7. The van der Waals surface area contributed by atoms with Gasteiger partial charge in [0.1, 0.15) is 6.04 Å². The van der Waals surface area contributed by atoms with Crippen molar-refractivity contribution in [2.24, 2.45) is 0 Å². The van der Waals surface area contributed by atoms with Gasteiger partial charge in [-0.2, -0.15) is 0 Å². The molecule has 0 aromatic heterocycles. The Morgan fingerprint density at radius 3 is 2.39 bits per heavy atom. The summed E-state index contributed by atoms with van der Waals surface area (Å²) < 4.78 is 9.14. The van der Waals surface area contributed by atoms with Crippen LogP contribution in [0.1, 0.15) is 6.42 Å². The van der Waals surface area contributed by atoms with E-state index in [1.54, 1.807) is 0 Å². The average molecular weight is 262 g/mol. The van der Waals surface area contributed by atoms with Gasteiger partial charge in [-0.3, -0.25) is 4.79 Å². The molecule has 0 spiro atoms. The number of hydrogen-bond acceptors (Lipinski definition) is 5. The number of hydrogen-bond donors (Lipinski definition) is 2. The second kappa shape index (κ2) is 8.29. The van der Waals surface area contributed by atoms with Crippen LogP contribution in [-0.2, 0) is 19.1 Å². The van der Waals surface area contributed by atoms with Crippen LogP contribution in [0.3, 0.4) is 0 Å². The first-order chi connectivity index (χ1) is 8.42. The zero-order valence-electron chi connectivity index (χ0n) is 10.6. The molecule has 0 aliphatic carbocycles. The van der Waals surface area contributed by atoms with E-state index in [-0.39, 0.29) is 0 Å². The highest BCUT2D eigenvalue weighted by atomic mass is 16.5. The average Bonchev–Trinajstić information content (AvgIpc) is 2.34. The summed E-state index contributed by atoms with van der Waals surface area (Å²) in [6.45, 7) is 0.644. The summed E-state index contributed by atoms with van der Waals surface area (Å²) in [5.74, 6) is -2.00. The minimum absolute atomic E-state index is 0.312. The molecular formula is C10H18N2O6. The lowest BCUT2D eigenvalue weighted by atomic mass is 10.2. The first-order valence-electron chi connectivity index (χ1n) is 5.22. The van der Waals surface area contributed by atoms with Gasteiger partial charge in [-0.05, 0) is 0 Å². The predicted octanol–water partition coefficient (Wildman–Crippen LogP) is -0.709. The Labute approximate surface area is 105 Å². The van der Waals surface area contributed by atoms with E-state index in [2.05, 4.69) is 10.1 Å². The Balaban J connectivity index is 4.35. The molecule has 0 aromatic carbocycles. The molecule has 0 aliphatic heterocycles. The number of carbonyl (C=O) groups excluding carboxylic acids is 2. The van der Waals surface area contributed by atoms with E-state index in [0.29, 0.717) is 13.2 Å². The summed E-state index contributed by atoms with van der Waals surface area (Å²) >= 11 is 0. The van der Waals surface area contributed by atoms with E-state index in [1.165, 1.54) is 19.1 Å². The first-order valence-corrected chi connectivity index (χ1v) is 5.22. The van der Waals surface area contributed by atoms with Crippen LogP contribution in [0, 0.1) is 0 Å². The molecule has 0 saturated carbocycles. The lowest BCUT2D eigenvalue weighted by Crippen LogP contribution is -2.48. The number of urea groups is 1. The van der Waals surface area contributed by atoms with Crippen LogP contribution >= 0.6 is 0 Å². The van der Waals surface area contributed by atoms with Crippen LogP contribution in [0.2, 0.25) is 0 Å². The van der Waals surface area contributed by atoms with Crippen LogP contribution in [0.4, 0.5) is 4.79 Å². The van der Waals surface area contributed by atoms with Crippen molar-refractivity contribution in [1.82, 2.24) is 10.2 Å². The van der Waals surface area contributed by atoms with E-state index in [1.807, 2.05) is 0 Å². The lowest BCUT2D eigenvalue weighted by Gasteiger charge is -2.20. The van der Waals surface area contributed by atoms with Crippen LogP contribution < -0.4 is 5.32 Å². The minimum Gasteiger partial charge on any atom is -0.480 e. The zero-order valence-corrected chi connectivity index (χ0v) is 10.6. The number of amides is 2. The van der Waals surface area contributed by atoms with Crippen molar-refractivity contribution in [3.63, 3.8) is 0 Å². The Hall–Kier alpha value is -1.83. The Morgan fingerprint density at radius 2 is 1.94 bits per heavy atom. The third-order valence-electron chi connectivity index (χ3n) is 2.17. The highest BCUT2D eigenvalue weighted by Gasteiger charge is 2.24. The molecule has 0 fully saturated rings. The largest absolute Gasteiger partial charge is 0.480 e. The number of likely N-dealkylation sites (N-methyl/N-ethyl adjacent to an activating group) is 1. The molecular weight excluding hydrogens is 244 g/mol. The van der Waals surface area contributed by atoms with Gasteiger partial charge in [-0.15, -0.1) is 0 Å². The van der Waals surface area contributed by atoms with Gasteiger partial charge >= 0.3 is 18.0 Å². The number of ether oxygens (including phenoxy) is 2. The van der Waals surface area contributed by atoms with Crippen molar-refractivity contribution in [2.45, 2.75) is 12.5 Å². The number of aliphatic carboxylic acids is 1. The van der Waals surface area contributed by atoms with Gasteiger partial charge in [0.05, 0.1) is 20.1 Å². The molecule has 104 valence electrons. The van der Waals surface area contributed by atoms with Gasteiger partial charge in [-0.25, -0.2) is 9.59 Å². The fourth-order valence-electron chi connectivity index (χ4n) is 1.04. The fourth-order valence-corrected chi connectivity index (χ4v) is 1.04. The predicted molar refractivity (Wildman–Crippen MR) is 61.1 cm³/mol. The summed E-state index contributed by atoms with van der Waals surface area (Å²) in [6.07, 6.45) is -0.421. The van der Waals surface area contributed by atoms with Crippen LogP contribution in [0.5, 0.6) is 0 Å². The van der Waals surface area contributed by atoms with Gasteiger partial charge in [0.15, 0.2) is 0 Å². The first kappa shape index (κ1) is 16.2. The molecule has 2 N–H and O–H groups in total. The second-order valence-corrected chi connectivity index (χ2v) is 3.53. The number of carboxylic acid groups (broad SMARTS) is 1. The summed E-state index contributed by atoms with van der Waals surface area (Å²) in [7, 11) is 4.13. The summed E-state index contributed by atoms with van der Waals surface area (Å²) in [5, 5.41) is 11.1. The van der Waals surface area contributed by atoms with Gasteiger partial charge in [0.2, 0.25) is 0 Å². The molecule has 0 saturated heterocycles. The maximum absolute atomic E-state index is 11.6. The van der Waals surface area contributed by atoms with E-state index >= 15 is 0 Å². The lowest BCUT2D eigenvalue weighted by molar-refractivity contribution is -0.147. The third-order valence-corrected chi connectivity index (χ3v) is 2.17. The molecule has 0 rings (SSSR count). The van der Waals surface area contributed by atoms with Gasteiger partial charge < -0.3 is 24.8 Å². The van der Waals surface area contributed by atoms with Gasteiger partial charge in [0, 0.05) is 20.7 Å². The molecule has 18 heavy (non-hydrogen) atoms. The maximum atomic E-state index is 11.6. The molecule has 0 radical (unpaired) electrons. The standard InChI is InChI=1S/C10H18N2O6/c1-12(4-5-17-2)10(16)11-7(9(14)15)6-8(13)18-3/h7H,4-6H2,1-3H3,(H,11,16)(H,14,15)/t7-/m0/s1. The van der Waals surface area contributed by atoms with Gasteiger partial charge in [0.25, 0.3) is 0 Å². The molecule has 0 aliphatic rings. The fraction of sp³-hybridized carbons (Fsp3) is 0.700. The minimum atomic E-state index is -1.31. The number of nitrogens with one attached hydrogen (secondary N) is 1. The van der Waals surface area contributed by atoms with Crippen molar-refractivity contribution in [3.05, 3.63) is 0 Å². The molecule has 8 nitrogen and oxygen atoms in total. The second-order valence-electron chi connectivity index (χ2n) is 3.53. The quantitative estimate of drug-likeness (QED) is 0.587. The van der Waals surface area contributed by atoms with Crippen LogP contribution in [0.15, 0.2) is 0 Å². The highest BCUT2D eigenvalue weighted by molar-refractivity contribution is 5.86. The molecule has 0 aromatic rings. The van der Waals surface area contributed by atoms with Crippen LogP contribution in [0.25, 0.3) is 0 Å². The number of rotatable bonds is 7. The van der Waals surface area contributed by atoms with E-state index < -0.39 is 30.4 Å². The SMILES string of the molecule is COCCN(C)C(=O)N[C@@H](CC(=O)OC)C(=O)O. The maximum Gasteiger partial charge on any atom is 0.326 e. The Kier molecular flexibility index (Phi) is 7.45. The van der Waals surface area contributed by atoms with E-state index in [0.717, 1.165) is 7.11 Å². The monoisotopic (exact) mass is 262 g/mol. The topological polar surface area (TPSA) is 105 Å². The Morgan fingerprint density at radius 1 is 1.33 bits per heavy atom. The molecule has 1 atom stereocenters. The van der Waals surface area contributed by atoms with Crippen LogP contribution in [-0.4, -0.2) is 68.4 Å². The smallest absolute Gasteiger partial charge is 0.326 e. The van der Waals surface area contributed by atoms with Crippen molar-refractivity contribution < 1.29 is 29.0 Å². The highest BCUT2D eigenvalue weighted by Crippen LogP contribution is 1.97. The van der Waals surface area contributed by atoms with Gasteiger partial charge in [-0.1, -0.05) is 0 Å². The van der Waals surface area contributed by atoms with Crippen molar-refractivity contribution in [1.29, 1.82) is 0 Å². The summed E-state index contributed by atoms with van der Waals surface area (Å²) in [6, 6.07) is -1.90. The summed E-state index contributed by atoms with van der Waals surface area (Å²) in [5.41, 5.74) is 0. The van der Waals surface area contributed by atoms with Crippen molar-refractivity contribution in [2.75, 3.05) is 34.4 Å². The number of carbonyl (C=O) groups is 3. The molecule has 0 heterocycles. The van der Waals surface area contributed by atoms with E-state index in [4.69, 9.17) is 9.84 Å². The molecule has 0 unspecified atom stereocenters. The Bertz CT molecular complexity index is 307. The van der Waals surface area contributed by atoms with E-state index in [9.17, 15) is 14.4 Å². The molecule has 0 bridgehead atoms. The molecule has 2 amide bonds. The van der Waals surface area contributed by atoms with Crippen molar-refractivity contribution >= 4 is 18.0 Å². The third kappa shape index (κ3) is 6.04. The number of nitrogens with zero attached hydrogens (tertiary/aromatic N) is 1. The van der Waals surface area contributed by atoms with Crippen molar-refractivity contribution in [3.8, 4) is 0 Å².